The average Bonchev–Trinajstić information content (AvgIpc) is 2.91. The van der Waals surface area contributed by atoms with Gasteiger partial charge in [-0.2, -0.15) is 5.10 Å². The molecule has 0 bridgehead atoms. The zero-order valence-corrected chi connectivity index (χ0v) is 14.1. The highest BCUT2D eigenvalue weighted by molar-refractivity contribution is 7.13. The number of rotatable bonds is 6. The Bertz CT molecular complexity index is 578. The molecule has 1 aliphatic carbocycles. The van der Waals surface area contributed by atoms with Gasteiger partial charge >= 0.3 is 0 Å². The minimum atomic E-state index is -0.276. The largest absolute Gasteiger partial charge is 0.375 e. The van der Waals surface area contributed by atoms with Gasteiger partial charge in [0.05, 0.1) is 18.5 Å². The van der Waals surface area contributed by atoms with E-state index in [9.17, 15) is 9.59 Å². The number of aromatic nitrogens is 1. The third-order valence-corrected chi connectivity index (χ3v) is 4.39. The smallest absolute Gasteiger partial charge is 0.246 e. The lowest BCUT2D eigenvalue weighted by Gasteiger charge is -2.22. The molecule has 1 saturated carbocycles. The van der Waals surface area contributed by atoms with Gasteiger partial charge in [-0.1, -0.05) is 19.3 Å². The molecule has 4 N–H and O–H groups in total. The predicted octanol–water partition coefficient (Wildman–Crippen LogP) is 1.60. The maximum atomic E-state index is 11.9. The third-order valence-electron chi connectivity index (χ3n) is 3.67. The standard InChI is InChI=1S/C15H23N5O2S/c1-10(7-13(21)17-11-5-3-2-4-6-11)19-20-14(22)8-12-9-23-15(16)18-12/h9,11H,2-8H2,1H3,(H2,16,18)(H,17,21)(H,20,22)/b19-10+. The summed E-state index contributed by atoms with van der Waals surface area (Å²) in [5.41, 5.74) is 9.15. The Balaban J connectivity index is 1.71. The third kappa shape index (κ3) is 6.35. The Morgan fingerprint density at radius 2 is 2.09 bits per heavy atom. The summed E-state index contributed by atoms with van der Waals surface area (Å²) in [6, 6.07) is 0.286. The summed E-state index contributed by atoms with van der Waals surface area (Å²) in [5, 5.41) is 9.16. The lowest BCUT2D eigenvalue weighted by Crippen LogP contribution is -2.37. The molecule has 23 heavy (non-hydrogen) atoms. The van der Waals surface area contributed by atoms with E-state index in [0.29, 0.717) is 16.5 Å². The van der Waals surface area contributed by atoms with Crippen LogP contribution >= 0.6 is 11.3 Å². The maximum Gasteiger partial charge on any atom is 0.246 e. The lowest BCUT2D eigenvalue weighted by atomic mass is 9.95. The summed E-state index contributed by atoms with van der Waals surface area (Å²) >= 11 is 1.29. The van der Waals surface area contributed by atoms with Crippen LogP contribution in [0.3, 0.4) is 0 Å². The number of amides is 2. The Labute approximate surface area is 139 Å². The van der Waals surface area contributed by atoms with Crippen LogP contribution in [-0.4, -0.2) is 28.6 Å². The molecule has 1 aromatic rings. The molecule has 2 rings (SSSR count). The number of anilines is 1. The van der Waals surface area contributed by atoms with E-state index in [2.05, 4.69) is 20.8 Å². The van der Waals surface area contributed by atoms with Crippen molar-refractivity contribution < 1.29 is 9.59 Å². The van der Waals surface area contributed by atoms with E-state index >= 15 is 0 Å². The summed E-state index contributed by atoms with van der Waals surface area (Å²) < 4.78 is 0. The molecule has 7 nitrogen and oxygen atoms in total. The monoisotopic (exact) mass is 337 g/mol. The molecule has 0 aromatic carbocycles. The molecule has 0 atom stereocenters. The number of hydrogen-bond acceptors (Lipinski definition) is 6. The molecule has 126 valence electrons. The molecule has 0 aliphatic heterocycles. The minimum Gasteiger partial charge on any atom is -0.375 e. The molecule has 1 fully saturated rings. The Hall–Kier alpha value is -1.96. The number of nitrogens with two attached hydrogens (primary N) is 1. The fourth-order valence-electron chi connectivity index (χ4n) is 2.56. The van der Waals surface area contributed by atoms with Gasteiger partial charge in [-0.25, -0.2) is 10.4 Å². The highest BCUT2D eigenvalue weighted by Gasteiger charge is 2.16. The first-order valence-electron chi connectivity index (χ1n) is 7.84. The van der Waals surface area contributed by atoms with Crippen molar-refractivity contribution in [2.75, 3.05) is 5.73 Å². The first-order chi connectivity index (χ1) is 11.0. The van der Waals surface area contributed by atoms with Gasteiger partial charge in [0.25, 0.3) is 0 Å². The molecule has 1 aliphatic rings. The predicted molar refractivity (Wildman–Crippen MR) is 91.1 cm³/mol. The quantitative estimate of drug-likeness (QED) is 0.541. The number of nitrogens with zero attached hydrogens (tertiary/aromatic N) is 2. The second-order valence-corrected chi connectivity index (χ2v) is 6.70. The van der Waals surface area contributed by atoms with Crippen LogP contribution < -0.4 is 16.5 Å². The first kappa shape index (κ1) is 17.4. The van der Waals surface area contributed by atoms with Crippen molar-refractivity contribution in [2.24, 2.45) is 5.10 Å². The average molecular weight is 337 g/mol. The zero-order chi connectivity index (χ0) is 16.7. The van der Waals surface area contributed by atoms with E-state index in [0.717, 1.165) is 12.8 Å². The summed E-state index contributed by atoms with van der Waals surface area (Å²) in [4.78, 5) is 27.7. The summed E-state index contributed by atoms with van der Waals surface area (Å²) in [5.74, 6) is -0.318. The van der Waals surface area contributed by atoms with Gasteiger partial charge in [-0.15, -0.1) is 11.3 Å². The molecule has 0 spiro atoms. The molecule has 1 heterocycles. The minimum absolute atomic E-state index is 0.0420. The van der Waals surface area contributed by atoms with Crippen LogP contribution in [0.4, 0.5) is 5.13 Å². The summed E-state index contributed by atoms with van der Waals surface area (Å²) in [7, 11) is 0. The van der Waals surface area contributed by atoms with Crippen molar-refractivity contribution in [1.29, 1.82) is 0 Å². The van der Waals surface area contributed by atoms with Crippen molar-refractivity contribution in [2.45, 2.75) is 57.9 Å². The van der Waals surface area contributed by atoms with Gasteiger partial charge in [0, 0.05) is 17.1 Å². The lowest BCUT2D eigenvalue weighted by molar-refractivity contribution is -0.121. The van der Waals surface area contributed by atoms with Gasteiger partial charge in [-0.3, -0.25) is 9.59 Å². The normalized spacial score (nSPS) is 16.1. The van der Waals surface area contributed by atoms with Crippen molar-refractivity contribution in [3.8, 4) is 0 Å². The number of carbonyl (C=O) groups excluding carboxylic acids is 2. The Kier molecular flexibility index (Phi) is 6.52. The Morgan fingerprint density at radius 3 is 2.74 bits per heavy atom. The second kappa shape index (κ2) is 8.61. The number of carbonyl (C=O) groups is 2. The number of nitrogens with one attached hydrogen (secondary N) is 2. The fourth-order valence-corrected chi connectivity index (χ4v) is 3.13. The van der Waals surface area contributed by atoms with Gasteiger partial charge in [0.15, 0.2) is 5.13 Å². The van der Waals surface area contributed by atoms with E-state index < -0.39 is 0 Å². The molecule has 2 amide bonds. The molecule has 8 heteroatoms. The van der Waals surface area contributed by atoms with Gasteiger partial charge in [0.1, 0.15) is 0 Å². The van der Waals surface area contributed by atoms with Crippen LogP contribution in [0.15, 0.2) is 10.5 Å². The van der Waals surface area contributed by atoms with Crippen molar-refractivity contribution in [3.63, 3.8) is 0 Å². The van der Waals surface area contributed by atoms with Crippen molar-refractivity contribution >= 4 is 34.0 Å². The SMILES string of the molecule is C/C(CC(=O)NC1CCCCC1)=N\NC(=O)Cc1csc(N)n1. The van der Waals surface area contributed by atoms with Crippen LogP contribution in [0.2, 0.25) is 0 Å². The molecular weight excluding hydrogens is 314 g/mol. The summed E-state index contributed by atoms with van der Waals surface area (Å²) in [6.07, 6.45) is 6.03. The molecule has 0 saturated heterocycles. The van der Waals surface area contributed by atoms with Crippen LogP contribution in [0.1, 0.15) is 51.1 Å². The molecular formula is C15H23N5O2S. The number of nitrogen functional groups attached to an aromatic ring is 1. The second-order valence-electron chi connectivity index (χ2n) is 5.82. The van der Waals surface area contributed by atoms with Gasteiger partial charge in [-0.05, 0) is 19.8 Å². The topological polar surface area (TPSA) is 109 Å². The maximum absolute atomic E-state index is 11.9. The van der Waals surface area contributed by atoms with Crippen LogP contribution in [0.25, 0.3) is 0 Å². The molecule has 0 unspecified atom stereocenters. The highest BCUT2D eigenvalue weighted by atomic mass is 32.1. The van der Waals surface area contributed by atoms with Crippen molar-refractivity contribution in [3.05, 3.63) is 11.1 Å². The summed E-state index contributed by atoms with van der Waals surface area (Å²) in [6.45, 7) is 1.72. The molecule has 0 radical (unpaired) electrons. The number of hydrazone groups is 1. The van der Waals surface area contributed by atoms with E-state index in [1.807, 2.05) is 0 Å². The van der Waals surface area contributed by atoms with Crippen LogP contribution in [0.5, 0.6) is 0 Å². The fraction of sp³-hybridized carbons (Fsp3) is 0.600. The van der Waals surface area contributed by atoms with Crippen molar-refractivity contribution in [1.82, 2.24) is 15.7 Å². The zero-order valence-electron chi connectivity index (χ0n) is 13.3. The van der Waals surface area contributed by atoms with Gasteiger partial charge < -0.3 is 11.1 Å². The van der Waals surface area contributed by atoms with E-state index in [-0.39, 0.29) is 30.7 Å². The van der Waals surface area contributed by atoms with Crippen LogP contribution in [0, 0.1) is 0 Å². The highest BCUT2D eigenvalue weighted by Crippen LogP contribution is 2.17. The number of thiazole rings is 1. The van der Waals surface area contributed by atoms with Crippen LogP contribution in [-0.2, 0) is 16.0 Å². The van der Waals surface area contributed by atoms with E-state index in [1.54, 1.807) is 12.3 Å². The number of hydrogen-bond donors (Lipinski definition) is 3. The van der Waals surface area contributed by atoms with E-state index in [4.69, 9.17) is 5.73 Å². The van der Waals surface area contributed by atoms with Gasteiger partial charge in [0.2, 0.25) is 11.8 Å². The van der Waals surface area contributed by atoms with E-state index in [1.165, 1.54) is 30.6 Å². The Morgan fingerprint density at radius 1 is 1.35 bits per heavy atom. The molecule has 1 aromatic heterocycles. The first-order valence-corrected chi connectivity index (χ1v) is 8.72.